The minimum atomic E-state index is 1.38. The minimum absolute atomic E-state index is 1.38. The first-order valence-electron chi connectivity index (χ1n) is 4.91. The summed E-state index contributed by atoms with van der Waals surface area (Å²) in [5.41, 5.74) is 0. The van der Waals surface area contributed by atoms with Gasteiger partial charge in [0.1, 0.15) is 0 Å². The number of rotatable bonds is 7. The van der Waals surface area contributed by atoms with E-state index in [-0.39, 0.29) is 0 Å². The maximum absolute atomic E-state index is 2.28. The Kier molecular flexibility index (Phi) is 11.0. The summed E-state index contributed by atoms with van der Waals surface area (Å²) in [6.45, 7) is 2.28. The monoisotopic (exact) mass is 150 g/mol. The Hall–Kier alpha value is 1.00. The SMILES string of the molecule is CCCCCCCC[CH2][Na]. The van der Waals surface area contributed by atoms with E-state index in [9.17, 15) is 0 Å². The number of hydrogen-bond acceptors (Lipinski definition) is 0. The van der Waals surface area contributed by atoms with Crippen molar-refractivity contribution in [3.05, 3.63) is 0 Å². The third-order valence-corrected chi connectivity index (χ3v) is 2.66. The molecule has 0 spiro atoms. The van der Waals surface area contributed by atoms with E-state index in [1.165, 1.54) is 76.5 Å². The van der Waals surface area contributed by atoms with Crippen LogP contribution in [0.25, 0.3) is 0 Å². The van der Waals surface area contributed by atoms with E-state index in [0.29, 0.717) is 0 Å². The molecule has 0 aromatic heterocycles. The summed E-state index contributed by atoms with van der Waals surface area (Å²) in [5.74, 6) is 0. The summed E-state index contributed by atoms with van der Waals surface area (Å²) in [7, 11) is 0. The van der Waals surface area contributed by atoms with Crippen molar-refractivity contribution >= 4 is 27.9 Å². The molecule has 0 nitrogen and oxygen atoms in total. The fourth-order valence-electron chi connectivity index (χ4n) is 1.21. The molecule has 1 heteroatoms. The maximum atomic E-state index is 2.28. The predicted octanol–water partition coefficient (Wildman–Crippen LogP) is 3.32. The molecule has 0 aliphatic carbocycles. The molecule has 10 heavy (non-hydrogen) atoms. The topological polar surface area (TPSA) is 0 Å². The molecular weight excluding hydrogens is 131 g/mol. The van der Waals surface area contributed by atoms with E-state index in [1.807, 2.05) is 0 Å². The molecule has 0 bridgehead atoms. The first kappa shape index (κ1) is 11.0. The van der Waals surface area contributed by atoms with Gasteiger partial charge in [0.25, 0.3) is 0 Å². The Morgan fingerprint density at radius 3 is 1.80 bits per heavy atom. The zero-order chi connectivity index (χ0) is 7.66. The van der Waals surface area contributed by atoms with Crippen molar-refractivity contribution < 1.29 is 0 Å². The van der Waals surface area contributed by atoms with Crippen LogP contribution in [0.15, 0.2) is 0 Å². The van der Waals surface area contributed by atoms with Gasteiger partial charge in [0.15, 0.2) is 0 Å². The average molecular weight is 150 g/mol. The second-order valence-corrected chi connectivity index (χ2v) is 4.12. The van der Waals surface area contributed by atoms with Crippen molar-refractivity contribution in [2.24, 2.45) is 0 Å². The second kappa shape index (κ2) is 10.0. The number of unbranched alkanes of at least 4 members (excludes halogenated alkanes) is 6. The Labute approximate surface area is 83.2 Å². The Morgan fingerprint density at radius 1 is 0.800 bits per heavy atom. The van der Waals surface area contributed by atoms with Gasteiger partial charge >= 0.3 is 83.5 Å². The molecule has 0 aromatic carbocycles. The van der Waals surface area contributed by atoms with Gasteiger partial charge in [0.05, 0.1) is 0 Å². The van der Waals surface area contributed by atoms with Gasteiger partial charge in [0.2, 0.25) is 0 Å². The molecule has 0 radical (unpaired) electrons. The molecule has 0 aliphatic rings. The van der Waals surface area contributed by atoms with Gasteiger partial charge in [-0.3, -0.25) is 0 Å². The first-order chi connectivity index (χ1) is 4.91. The molecule has 0 unspecified atom stereocenters. The fourth-order valence-corrected chi connectivity index (χ4v) is 1.71. The fraction of sp³-hybridized carbons (Fsp3) is 1.00. The third kappa shape index (κ3) is 9.00. The van der Waals surface area contributed by atoms with Crippen LogP contribution in [0.3, 0.4) is 0 Å². The number of hydrogen-bond donors (Lipinski definition) is 0. The molecular formula is C9H19Na. The van der Waals surface area contributed by atoms with E-state index >= 15 is 0 Å². The standard InChI is InChI=1S/C9H19.Na/c1-3-5-7-9-8-6-4-2;/h1,3-9H2,2H3;. The van der Waals surface area contributed by atoms with Gasteiger partial charge in [0, 0.05) is 0 Å². The Balaban J connectivity index is 2.65. The molecule has 0 rings (SSSR count). The van der Waals surface area contributed by atoms with Crippen molar-refractivity contribution in [2.45, 2.75) is 55.5 Å². The van der Waals surface area contributed by atoms with Crippen molar-refractivity contribution in [1.29, 1.82) is 0 Å². The molecule has 0 heterocycles. The van der Waals surface area contributed by atoms with E-state index in [4.69, 9.17) is 0 Å². The molecule has 0 fully saturated rings. The zero-order valence-electron chi connectivity index (χ0n) is 7.66. The van der Waals surface area contributed by atoms with Gasteiger partial charge in [-0.2, -0.15) is 0 Å². The second-order valence-electron chi connectivity index (χ2n) is 3.12. The predicted molar refractivity (Wildman–Crippen MR) is 48.6 cm³/mol. The first-order valence-corrected chi connectivity index (χ1v) is 6.33. The molecule has 0 saturated heterocycles. The van der Waals surface area contributed by atoms with Crippen molar-refractivity contribution in [2.75, 3.05) is 0 Å². The van der Waals surface area contributed by atoms with Gasteiger partial charge in [-0.25, -0.2) is 0 Å². The van der Waals surface area contributed by atoms with Gasteiger partial charge in [-0.05, 0) is 0 Å². The normalized spacial score (nSPS) is 10.3. The Morgan fingerprint density at radius 2 is 1.30 bits per heavy atom. The van der Waals surface area contributed by atoms with E-state index in [1.54, 1.807) is 0 Å². The van der Waals surface area contributed by atoms with Crippen LogP contribution in [0.5, 0.6) is 0 Å². The van der Waals surface area contributed by atoms with Crippen molar-refractivity contribution in [3.8, 4) is 0 Å². The van der Waals surface area contributed by atoms with Crippen LogP contribution in [0.1, 0.15) is 51.9 Å². The van der Waals surface area contributed by atoms with Gasteiger partial charge in [-0.1, -0.05) is 0 Å². The molecule has 0 amide bonds. The molecule has 56 valence electrons. The molecule has 0 aliphatic heterocycles. The Bertz CT molecular complexity index is 44.7. The van der Waals surface area contributed by atoms with Crippen LogP contribution in [-0.4, -0.2) is 27.9 Å². The summed E-state index contributed by atoms with van der Waals surface area (Å²) in [6.07, 6.45) is 10.3. The zero-order valence-corrected chi connectivity index (χ0v) is 9.66. The van der Waals surface area contributed by atoms with Crippen molar-refractivity contribution in [1.82, 2.24) is 0 Å². The average Bonchev–Trinajstić information content (AvgIpc) is 1.97. The van der Waals surface area contributed by atoms with E-state index in [0.717, 1.165) is 0 Å². The quantitative estimate of drug-likeness (QED) is 0.386. The summed E-state index contributed by atoms with van der Waals surface area (Å²) in [4.78, 5) is 0. The summed E-state index contributed by atoms with van der Waals surface area (Å²) in [6, 6.07) is 0. The van der Waals surface area contributed by atoms with Crippen molar-refractivity contribution in [3.63, 3.8) is 0 Å². The van der Waals surface area contributed by atoms with Crippen LogP contribution in [-0.2, 0) is 0 Å². The van der Waals surface area contributed by atoms with Crippen LogP contribution < -0.4 is 0 Å². The van der Waals surface area contributed by atoms with E-state index < -0.39 is 0 Å². The molecule has 0 N–H and O–H groups in total. The molecule has 0 saturated carbocycles. The third-order valence-electron chi connectivity index (χ3n) is 1.96. The van der Waals surface area contributed by atoms with Crippen LogP contribution in [0, 0.1) is 0 Å². The molecule has 0 atom stereocenters. The van der Waals surface area contributed by atoms with Crippen LogP contribution in [0.4, 0.5) is 0 Å². The molecule has 0 aromatic rings. The summed E-state index contributed by atoms with van der Waals surface area (Å²) >= 11 is 1.41. The van der Waals surface area contributed by atoms with E-state index in [2.05, 4.69) is 6.92 Å². The van der Waals surface area contributed by atoms with Crippen LogP contribution in [0.2, 0.25) is 3.67 Å². The van der Waals surface area contributed by atoms with Gasteiger partial charge < -0.3 is 0 Å². The van der Waals surface area contributed by atoms with Crippen LogP contribution >= 0.6 is 0 Å². The van der Waals surface area contributed by atoms with Gasteiger partial charge in [-0.15, -0.1) is 0 Å². The summed E-state index contributed by atoms with van der Waals surface area (Å²) in [5, 5.41) is 0. The summed E-state index contributed by atoms with van der Waals surface area (Å²) < 4.78 is 1.51.